The van der Waals surface area contributed by atoms with E-state index in [-0.39, 0.29) is 17.7 Å². The average Bonchev–Trinajstić information content (AvgIpc) is 3.21. The number of carbonyl (C=O) groups is 1. The minimum Gasteiger partial charge on any atom is -0.495 e. The van der Waals surface area contributed by atoms with E-state index in [0.29, 0.717) is 17.3 Å². The van der Waals surface area contributed by atoms with E-state index < -0.39 is 0 Å². The molecule has 0 saturated carbocycles. The Morgan fingerprint density at radius 3 is 2.88 bits per heavy atom. The molecule has 3 rings (SSSR count). The third-order valence-electron chi connectivity index (χ3n) is 4.54. The van der Waals surface area contributed by atoms with E-state index in [4.69, 9.17) is 16.3 Å². The second-order valence-corrected chi connectivity index (χ2v) is 6.44. The highest BCUT2D eigenvalue weighted by molar-refractivity contribution is 6.32. The first-order chi connectivity index (χ1) is 11.5. The van der Waals surface area contributed by atoms with Crippen LogP contribution in [0.4, 0.5) is 5.69 Å². The van der Waals surface area contributed by atoms with Crippen LogP contribution in [0.25, 0.3) is 0 Å². The number of anilines is 1. The first-order valence-electron chi connectivity index (χ1n) is 7.81. The summed E-state index contributed by atoms with van der Waals surface area (Å²) in [6, 6.07) is 5.36. The van der Waals surface area contributed by atoms with Crippen LogP contribution in [0.1, 0.15) is 11.5 Å². The predicted molar refractivity (Wildman–Crippen MR) is 93.7 cm³/mol. The zero-order valence-corrected chi connectivity index (χ0v) is 14.7. The van der Waals surface area contributed by atoms with Crippen molar-refractivity contribution >= 4 is 23.2 Å². The topological polar surface area (TPSA) is 59.4 Å². The van der Waals surface area contributed by atoms with Crippen LogP contribution >= 0.6 is 11.6 Å². The van der Waals surface area contributed by atoms with Gasteiger partial charge in [-0.25, -0.2) is 0 Å². The second kappa shape index (κ2) is 6.83. The Bertz CT molecular complexity index is 746. The average molecular weight is 349 g/mol. The van der Waals surface area contributed by atoms with Crippen molar-refractivity contribution in [3.8, 4) is 5.75 Å². The number of carbonyl (C=O) groups excluding carboxylic acids is 1. The van der Waals surface area contributed by atoms with E-state index in [1.54, 1.807) is 35.9 Å². The lowest BCUT2D eigenvalue weighted by molar-refractivity contribution is -0.121. The minimum absolute atomic E-state index is 0.0649. The van der Waals surface area contributed by atoms with E-state index in [9.17, 15) is 4.79 Å². The number of rotatable bonds is 4. The Labute approximate surface area is 146 Å². The van der Waals surface area contributed by atoms with Crippen molar-refractivity contribution in [2.75, 3.05) is 32.1 Å². The highest BCUT2D eigenvalue weighted by Crippen LogP contribution is 2.33. The molecule has 1 aromatic carbocycles. The number of aromatic nitrogens is 2. The fourth-order valence-corrected chi connectivity index (χ4v) is 3.41. The molecule has 1 aliphatic rings. The number of ether oxygens (including phenoxy) is 1. The Balaban J connectivity index is 1.80. The highest BCUT2D eigenvalue weighted by atomic mass is 35.5. The lowest BCUT2D eigenvalue weighted by Gasteiger charge is -2.24. The summed E-state index contributed by atoms with van der Waals surface area (Å²) in [5, 5.41) is 8.03. The number of hydrogen-bond acceptors (Lipinski definition) is 4. The SMILES string of the molecule is COc1ccc(N(C)C(=O)[C@H]2CNC[C@@H]2c2cnn(C)c2)cc1Cl. The number of amides is 1. The zero-order valence-electron chi connectivity index (χ0n) is 14.0. The Morgan fingerprint density at radius 1 is 1.46 bits per heavy atom. The molecule has 1 aliphatic heterocycles. The molecule has 7 heteroatoms. The van der Waals surface area contributed by atoms with Gasteiger partial charge in [-0.1, -0.05) is 11.6 Å². The van der Waals surface area contributed by atoms with Crippen LogP contribution in [0.5, 0.6) is 5.75 Å². The van der Waals surface area contributed by atoms with Gasteiger partial charge in [-0.2, -0.15) is 5.10 Å². The van der Waals surface area contributed by atoms with E-state index >= 15 is 0 Å². The summed E-state index contributed by atoms with van der Waals surface area (Å²) < 4.78 is 6.93. The quantitative estimate of drug-likeness (QED) is 0.918. The van der Waals surface area contributed by atoms with Gasteiger partial charge in [0.05, 0.1) is 24.2 Å². The summed E-state index contributed by atoms with van der Waals surface area (Å²) >= 11 is 6.18. The molecule has 1 saturated heterocycles. The highest BCUT2D eigenvalue weighted by Gasteiger charge is 2.36. The number of halogens is 1. The summed E-state index contributed by atoms with van der Waals surface area (Å²) in [5.74, 6) is 0.662. The normalized spacial score (nSPS) is 20.2. The molecule has 128 valence electrons. The number of nitrogens with zero attached hydrogens (tertiary/aromatic N) is 3. The Hall–Kier alpha value is -2.05. The van der Waals surface area contributed by atoms with Crippen molar-refractivity contribution in [2.24, 2.45) is 13.0 Å². The van der Waals surface area contributed by atoms with E-state index in [1.807, 2.05) is 25.5 Å². The maximum Gasteiger partial charge on any atom is 0.231 e. The van der Waals surface area contributed by atoms with Crippen LogP contribution in [0.2, 0.25) is 5.02 Å². The van der Waals surface area contributed by atoms with E-state index in [2.05, 4.69) is 10.4 Å². The van der Waals surface area contributed by atoms with Crippen molar-refractivity contribution in [2.45, 2.75) is 5.92 Å². The van der Waals surface area contributed by atoms with Gasteiger partial charge in [-0.3, -0.25) is 9.48 Å². The molecule has 1 N–H and O–H groups in total. The molecule has 0 radical (unpaired) electrons. The summed E-state index contributed by atoms with van der Waals surface area (Å²) in [4.78, 5) is 14.6. The predicted octanol–water partition coefficient (Wildman–Crippen LogP) is 2.05. The first kappa shape index (κ1) is 16.8. The number of methoxy groups -OCH3 is 1. The van der Waals surface area contributed by atoms with Gasteiger partial charge < -0.3 is 15.0 Å². The number of aryl methyl sites for hydroxylation is 1. The van der Waals surface area contributed by atoms with Gasteiger partial charge in [0.25, 0.3) is 0 Å². The summed E-state index contributed by atoms with van der Waals surface area (Å²) in [6.07, 6.45) is 3.81. The number of hydrogen-bond donors (Lipinski definition) is 1. The lowest BCUT2D eigenvalue weighted by atomic mass is 9.90. The molecule has 1 aromatic heterocycles. The van der Waals surface area contributed by atoms with Crippen LogP contribution < -0.4 is 15.0 Å². The van der Waals surface area contributed by atoms with Crippen molar-refractivity contribution in [3.05, 3.63) is 41.2 Å². The van der Waals surface area contributed by atoms with Gasteiger partial charge in [0, 0.05) is 45.0 Å². The molecule has 1 amide bonds. The monoisotopic (exact) mass is 348 g/mol. The molecule has 0 unspecified atom stereocenters. The number of benzene rings is 1. The molecular formula is C17H21ClN4O2. The minimum atomic E-state index is -0.125. The van der Waals surface area contributed by atoms with Crippen LogP contribution in [0.3, 0.4) is 0 Å². The fourth-order valence-electron chi connectivity index (χ4n) is 3.16. The summed E-state index contributed by atoms with van der Waals surface area (Å²) in [5.41, 5.74) is 1.84. The molecule has 1 fully saturated rings. The largest absolute Gasteiger partial charge is 0.495 e. The molecule has 6 nitrogen and oxygen atoms in total. The molecule has 2 aromatic rings. The van der Waals surface area contributed by atoms with Crippen LogP contribution in [0, 0.1) is 5.92 Å². The van der Waals surface area contributed by atoms with Gasteiger partial charge in [-0.05, 0) is 23.8 Å². The maximum atomic E-state index is 13.0. The van der Waals surface area contributed by atoms with Crippen LogP contribution in [-0.4, -0.2) is 42.9 Å². The van der Waals surface area contributed by atoms with Crippen molar-refractivity contribution in [1.29, 1.82) is 0 Å². The third-order valence-corrected chi connectivity index (χ3v) is 4.83. The van der Waals surface area contributed by atoms with Crippen LogP contribution in [0.15, 0.2) is 30.6 Å². The van der Waals surface area contributed by atoms with Crippen molar-refractivity contribution in [1.82, 2.24) is 15.1 Å². The van der Waals surface area contributed by atoms with Crippen molar-refractivity contribution in [3.63, 3.8) is 0 Å². The lowest BCUT2D eigenvalue weighted by Crippen LogP contribution is -2.36. The van der Waals surface area contributed by atoms with Gasteiger partial charge in [-0.15, -0.1) is 0 Å². The van der Waals surface area contributed by atoms with Crippen molar-refractivity contribution < 1.29 is 9.53 Å². The third kappa shape index (κ3) is 3.12. The number of nitrogens with one attached hydrogen (secondary N) is 1. The van der Waals surface area contributed by atoms with E-state index in [0.717, 1.165) is 17.8 Å². The standard InChI is InChI=1S/C17H21ClN4O2/c1-21-10-11(7-20-21)13-8-19-9-14(13)17(23)22(2)12-4-5-16(24-3)15(18)6-12/h4-7,10,13-14,19H,8-9H2,1-3H3/t13-,14+/m1/s1. The van der Waals surface area contributed by atoms with Gasteiger partial charge in [0.15, 0.2) is 0 Å². The molecule has 0 aliphatic carbocycles. The smallest absolute Gasteiger partial charge is 0.231 e. The Kier molecular flexibility index (Phi) is 4.78. The molecule has 2 heterocycles. The van der Waals surface area contributed by atoms with Gasteiger partial charge in [0.1, 0.15) is 5.75 Å². The van der Waals surface area contributed by atoms with Gasteiger partial charge in [0.2, 0.25) is 5.91 Å². The summed E-state index contributed by atoms with van der Waals surface area (Å²) in [7, 11) is 5.23. The molecular weight excluding hydrogens is 328 g/mol. The molecule has 2 atom stereocenters. The fraction of sp³-hybridized carbons (Fsp3) is 0.412. The maximum absolute atomic E-state index is 13.0. The molecule has 0 spiro atoms. The summed E-state index contributed by atoms with van der Waals surface area (Å²) in [6.45, 7) is 1.44. The first-order valence-corrected chi connectivity index (χ1v) is 8.19. The second-order valence-electron chi connectivity index (χ2n) is 6.03. The van der Waals surface area contributed by atoms with E-state index in [1.165, 1.54) is 0 Å². The Morgan fingerprint density at radius 2 is 2.25 bits per heavy atom. The molecule has 0 bridgehead atoms. The zero-order chi connectivity index (χ0) is 17.3. The van der Waals surface area contributed by atoms with Gasteiger partial charge >= 0.3 is 0 Å². The van der Waals surface area contributed by atoms with Crippen LogP contribution in [-0.2, 0) is 11.8 Å². The molecule has 24 heavy (non-hydrogen) atoms.